The summed E-state index contributed by atoms with van der Waals surface area (Å²) in [6.45, 7) is 2.64. The molecule has 7 heteroatoms. The van der Waals surface area contributed by atoms with Crippen LogP contribution in [0.3, 0.4) is 0 Å². The Morgan fingerprint density at radius 2 is 1.60 bits per heavy atom. The van der Waals surface area contributed by atoms with Crippen LogP contribution < -0.4 is 17.7 Å². The number of amides is 1. The van der Waals surface area contributed by atoms with Gasteiger partial charge in [0.15, 0.2) is 0 Å². The fraction of sp³-hybridized carbons (Fsp3) is 0.333. The van der Waals surface area contributed by atoms with Gasteiger partial charge in [0.1, 0.15) is 6.54 Å². The number of quaternary nitrogens is 1. The van der Waals surface area contributed by atoms with Crippen LogP contribution in [0.4, 0.5) is 5.69 Å². The van der Waals surface area contributed by atoms with Crippen LogP contribution in [0.25, 0.3) is 17.2 Å². The zero-order valence-electron chi connectivity index (χ0n) is 23.2. The van der Waals surface area contributed by atoms with Crippen molar-refractivity contribution < 1.29 is 36.3 Å². The van der Waals surface area contributed by atoms with Crippen LogP contribution in [0.2, 0.25) is 0 Å². The Labute approximate surface area is 242 Å². The number of hydrogen-bond donors (Lipinski definition) is 2. The molecule has 1 fully saturated rings. The highest BCUT2D eigenvalue weighted by molar-refractivity contribution is 6.07. The summed E-state index contributed by atoms with van der Waals surface area (Å²) in [5.74, 6) is -1.00. The molecule has 3 aromatic rings. The van der Waals surface area contributed by atoms with E-state index in [0.717, 1.165) is 84.3 Å². The number of nitrogens with one attached hydrogen (secondary N) is 1. The topological polar surface area (TPSA) is 75.6 Å². The molecule has 0 unspecified atom stereocenters. The molecular weight excluding hydrogens is 524 g/mol. The van der Waals surface area contributed by atoms with Gasteiger partial charge in [-0.05, 0) is 77.9 Å². The quantitative estimate of drug-likeness (QED) is 0.435. The van der Waals surface area contributed by atoms with Crippen molar-refractivity contribution in [3.63, 3.8) is 0 Å². The number of rotatable bonds is 7. The molecule has 0 saturated carbocycles. The second-order valence-corrected chi connectivity index (χ2v) is 11.3. The Bertz CT molecular complexity index is 1370. The van der Waals surface area contributed by atoms with Crippen molar-refractivity contribution >= 4 is 23.6 Å². The van der Waals surface area contributed by atoms with E-state index in [1.807, 2.05) is 30.3 Å². The number of aryl methyl sites for hydroxylation is 1. The van der Waals surface area contributed by atoms with Gasteiger partial charge in [0.05, 0.1) is 38.9 Å². The molecule has 0 bridgehead atoms. The molecule has 40 heavy (non-hydrogen) atoms. The third-order valence-corrected chi connectivity index (χ3v) is 8.11. The molecule has 1 amide bonds. The summed E-state index contributed by atoms with van der Waals surface area (Å²) >= 11 is 0. The van der Waals surface area contributed by atoms with E-state index in [2.05, 4.69) is 49.7 Å². The van der Waals surface area contributed by atoms with Crippen LogP contribution in [0.1, 0.15) is 52.7 Å². The van der Waals surface area contributed by atoms with Crippen LogP contribution in [0.5, 0.6) is 0 Å². The number of nitrogens with zero attached hydrogens (tertiary/aromatic N) is 1. The number of fused-ring (bicyclic) bond motifs is 1. The third-order valence-electron chi connectivity index (χ3n) is 8.11. The summed E-state index contributed by atoms with van der Waals surface area (Å²) < 4.78 is 6.48. The fourth-order valence-electron chi connectivity index (χ4n) is 5.74. The van der Waals surface area contributed by atoms with Gasteiger partial charge in [0, 0.05) is 29.7 Å². The molecule has 0 atom stereocenters. The first-order valence-corrected chi connectivity index (χ1v) is 13.8. The molecule has 3 aromatic carbocycles. The maximum atomic E-state index is 13.3. The Morgan fingerprint density at radius 3 is 2.27 bits per heavy atom. The molecule has 210 valence electrons. The summed E-state index contributed by atoms with van der Waals surface area (Å²) in [6, 6.07) is 22.0. The maximum Gasteiger partial charge on any atom is 0.335 e. The highest BCUT2D eigenvalue weighted by Gasteiger charge is 2.30. The lowest BCUT2D eigenvalue weighted by atomic mass is 9.97. The van der Waals surface area contributed by atoms with E-state index in [0.29, 0.717) is 6.04 Å². The fourth-order valence-corrected chi connectivity index (χ4v) is 5.74. The van der Waals surface area contributed by atoms with Crippen molar-refractivity contribution in [3.05, 3.63) is 94.6 Å². The molecule has 1 saturated heterocycles. The molecule has 1 aliphatic carbocycles. The number of carboxylic acids is 1. The Balaban J connectivity index is 0.00000370. The van der Waals surface area contributed by atoms with E-state index in [1.165, 1.54) is 11.1 Å². The van der Waals surface area contributed by atoms with Gasteiger partial charge < -0.3 is 32.1 Å². The number of hydrogen-bond acceptors (Lipinski definition) is 3. The first-order valence-electron chi connectivity index (χ1n) is 13.8. The number of ether oxygens (including phenoxy) is 1. The van der Waals surface area contributed by atoms with Gasteiger partial charge in [-0.15, -0.1) is 0 Å². The molecule has 0 spiro atoms. The second kappa shape index (κ2) is 12.8. The Morgan fingerprint density at radius 1 is 0.925 bits per heavy atom. The van der Waals surface area contributed by atoms with Crippen LogP contribution in [0, 0.1) is 0 Å². The first-order chi connectivity index (χ1) is 18.8. The van der Waals surface area contributed by atoms with E-state index in [-0.39, 0.29) is 23.9 Å². The van der Waals surface area contributed by atoms with Crippen molar-refractivity contribution in [2.45, 2.75) is 44.7 Å². The monoisotopic (exact) mass is 560 g/mol. The number of carboxylic acid groups (broad SMARTS) is 1. The summed E-state index contributed by atoms with van der Waals surface area (Å²) in [7, 11) is 4.58. The average molecular weight is 561 g/mol. The molecule has 2 aliphatic rings. The number of carbonyl (C=O) groups is 2. The van der Waals surface area contributed by atoms with Crippen molar-refractivity contribution in [2.24, 2.45) is 0 Å². The second-order valence-electron chi connectivity index (χ2n) is 11.3. The molecule has 2 N–H and O–H groups in total. The molecule has 5 rings (SSSR count). The van der Waals surface area contributed by atoms with Gasteiger partial charge in [-0.1, -0.05) is 36.4 Å². The molecule has 0 radical (unpaired) electrons. The number of aromatic carboxylic acids is 1. The summed E-state index contributed by atoms with van der Waals surface area (Å²) in [5, 5.41) is 12.3. The van der Waals surface area contributed by atoms with Crippen LogP contribution >= 0.6 is 0 Å². The number of carbonyl (C=O) groups excluding carboxylic acids is 1. The van der Waals surface area contributed by atoms with Crippen LogP contribution in [-0.4, -0.2) is 54.8 Å². The van der Waals surface area contributed by atoms with E-state index >= 15 is 0 Å². The molecule has 1 heterocycles. The highest BCUT2D eigenvalue weighted by atomic mass is 35.5. The van der Waals surface area contributed by atoms with E-state index in [1.54, 1.807) is 12.1 Å². The summed E-state index contributed by atoms with van der Waals surface area (Å²) in [6.07, 6.45) is 6.75. The Kier molecular flexibility index (Phi) is 9.46. The number of anilines is 1. The first kappa shape index (κ1) is 29.5. The van der Waals surface area contributed by atoms with Gasteiger partial charge in [-0.25, -0.2) is 4.79 Å². The van der Waals surface area contributed by atoms with Gasteiger partial charge in [0.25, 0.3) is 5.91 Å². The number of benzene rings is 3. The molecule has 1 aliphatic heterocycles. The predicted molar refractivity (Wildman–Crippen MR) is 154 cm³/mol. The minimum absolute atomic E-state index is 0. The molecule has 6 nitrogen and oxygen atoms in total. The van der Waals surface area contributed by atoms with Gasteiger partial charge in [-0.3, -0.25) is 4.79 Å². The van der Waals surface area contributed by atoms with E-state index < -0.39 is 5.97 Å². The summed E-state index contributed by atoms with van der Waals surface area (Å²) in [5.41, 5.74) is 7.32. The zero-order valence-corrected chi connectivity index (χ0v) is 23.9. The lowest BCUT2D eigenvalue weighted by molar-refractivity contribution is -0.929. The van der Waals surface area contributed by atoms with E-state index in [9.17, 15) is 14.7 Å². The predicted octanol–water partition coefficient (Wildman–Crippen LogP) is 3.17. The van der Waals surface area contributed by atoms with Crippen LogP contribution in [0.15, 0.2) is 72.3 Å². The van der Waals surface area contributed by atoms with E-state index in [4.69, 9.17) is 4.74 Å². The lowest BCUT2D eigenvalue weighted by Gasteiger charge is -2.40. The minimum Gasteiger partial charge on any atom is -1.00 e. The zero-order chi connectivity index (χ0) is 27.4. The SMILES string of the molecule is C[N+](C)(Cc1ccc(NC(=O)C2=Cc3cc(-c4ccc(C(=O)O)cc4)ccc3CCC2)cc1)C1CCOCC1.[Cl-]. The standard InChI is InChI=1S/C33H36N2O4.ClH/c1-35(2,31-16-18-39-19-17-31)22-23-6-14-30(15-7-23)34-32(36)28-5-3-4-24-10-13-27(20-29(24)21-28)25-8-11-26(12-9-25)33(37)38;/h6-15,20-21,31H,3-5,16-19,22H2,1-2H3,(H-,34,36,37,38);1H. The number of halogens is 1. The molecule has 0 aromatic heterocycles. The average Bonchev–Trinajstić information content (AvgIpc) is 3.17. The Hall–Kier alpha value is -3.45. The summed E-state index contributed by atoms with van der Waals surface area (Å²) in [4.78, 5) is 24.4. The third kappa shape index (κ3) is 7.00. The molecular formula is C33H37ClN2O4. The van der Waals surface area contributed by atoms with Crippen LogP contribution in [-0.2, 0) is 22.5 Å². The largest absolute Gasteiger partial charge is 1.00 e. The lowest BCUT2D eigenvalue weighted by Crippen LogP contribution is -3.00. The smallest absolute Gasteiger partial charge is 0.335 e. The van der Waals surface area contributed by atoms with Crippen molar-refractivity contribution in [3.8, 4) is 11.1 Å². The maximum absolute atomic E-state index is 13.3. The van der Waals surface area contributed by atoms with Crippen molar-refractivity contribution in [2.75, 3.05) is 32.6 Å². The highest BCUT2D eigenvalue weighted by Crippen LogP contribution is 2.29. The van der Waals surface area contributed by atoms with Crippen molar-refractivity contribution in [1.82, 2.24) is 0 Å². The minimum atomic E-state index is -0.935. The van der Waals surface area contributed by atoms with Gasteiger partial charge >= 0.3 is 5.97 Å². The normalized spacial score (nSPS) is 15.7. The van der Waals surface area contributed by atoms with Gasteiger partial charge in [0.2, 0.25) is 0 Å². The van der Waals surface area contributed by atoms with Crippen molar-refractivity contribution in [1.29, 1.82) is 0 Å². The van der Waals surface area contributed by atoms with Gasteiger partial charge in [-0.2, -0.15) is 0 Å².